The van der Waals surface area contributed by atoms with E-state index >= 15 is 0 Å². The number of hydrogen-bond acceptors (Lipinski definition) is 7. The summed E-state index contributed by atoms with van der Waals surface area (Å²) < 4.78 is 23.3. The molecule has 180 valence electrons. The number of fused-ring (bicyclic) bond motifs is 1. The summed E-state index contributed by atoms with van der Waals surface area (Å²) in [5, 5.41) is 0.785. The highest BCUT2D eigenvalue weighted by atomic mass is 16.5. The minimum Gasteiger partial charge on any atom is -0.493 e. The Bertz CT molecular complexity index is 1170. The van der Waals surface area contributed by atoms with Crippen molar-refractivity contribution in [2.45, 2.75) is 27.2 Å². The molecule has 7 nitrogen and oxygen atoms in total. The molecular formula is C27H32N2O5. The van der Waals surface area contributed by atoms with Gasteiger partial charge >= 0.3 is 0 Å². The zero-order valence-corrected chi connectivity index (χ0v) is 20.3. The molecule has 1 aliphatic heterocycles. The second kappa shape index (κ2) is 10.8. The average Bonchev–Trinajstić information content (AvgIpc) is 2.84. The van der Waals surface area contributed by atoms with Crippen LogP contribution in [0.15, 0.2) is 36.5 Å². The molecule has 0 unspecified atom stereocenters. The fourth-order valence-electron chi connectivity index (χ4n) is 4.05. The van der Waals surface area contributed by atoms with Gasteiger partial charge in [-0.15, -0.1) is 0 Å². The van der Waals surface area contributed by atoms with Crippen LogP contribution >= 0.6 is 0 Å². The van der Waals surface area contributed by atoms with E-state index < -0.39 is 0 Å². The Kier molecular flexibility index (Phi) is 7.65. The molecule has 1 aromatic heterocycles. The van der Waals surface area contributed by atoms with Crippen LogP contribution in [0.2, 0.25) is 0 Å². The van der Waals surface area contributed by atoms with Crippen LogP contribution in [0.25, 0.3) is 10.9 Å². The summed E-state index contributed by atoms with van der Waals surface area (Å²) >= 11 is 0. The van der Waals surface area contributed by atoms with Gasteiger partial charge in [-0.1, -0.05) is 0 Å². The fraction of sp³-hybridized carbons (Fsp3) is 0.407. The molecule has 1 saturated heterocycles. The molecule has 0 amide bonds. The van der Waals surface area contributed by atoms with E-state index in [1.807, 2.05) is 38.1 Å². The number of carbonyl (C=O) groups excluding carboxylic acids is 1. The number of carbonyl (C=O) groups is 1. The van der Waals surface area contributed by atoms with Gasteiger partial charge < -0.3 is 18.9 Å². The van der Waals surface area contributed by atoms with E-state index in [1.54, 1.807) is 26.3 Å². The highest BCUT2D eigenvalue weighted by Crippen LogP contribution is 2.38. The molecule has 4 rings (SSSR count). The first-order valence-electron chi connectivity index (χ1n) is 11.7. The number of methoxy groups -OCH3 is 1. The van der Waals surface area contributed by atoms with Crippen LogP contribution in [-0.4, -0.2) is 62.2 Å². The summed E-state index contributed by atoms with van der Waals surface area (Å²) in [6.45, 7) is 10.6. The number of Topliss-reactive ketones (excluding diaryl/α,β-unsaturated/α-hetero) is 1. The molecule has 3 aromatic rings. The van der Waals surface area contributed by atoms with Gasteiger partial charge in [0, 0.05) is 37.3 Å². The van der Waals surface area contributed by atoms with E-state index in [1.165, 1.54) is 0 Å². The van der Waals surface area contributed by atoms with Gasteiger partial charge in [-0.3, -0.25) is 14.7 Å². The molecule has 0 atom stereocenters. The molecule has 1 fully saturated rings. The summed E-state index contributed by atoms with van der Waals surface area (Å²) in [7, 11) is 1.62. The first-order valence-corrected chi connectivity index (χ1v) is 11.7. The Morgan fingerprint density at radius 3 is 2.53 bits per heavy atom. The highest BCUT2D eigenvalue weighted by Gasteiger charge is 2.16. The van der Waals surface area contributed by atoms with Crippen LogP contribution in [0.4, 0.5) is 0 Å². The number of rotatable bonds is 9. The van der Waals surface area contributed by atoms with Crippen LogP contribution in [0.5, 0.6) is 23.0 Å². The quantitative estimate of drug-likeness (QED) is 0.328. The molecule has 0 radical (unpaired) electrons. The van der Waals surface area contributed by atoms with Crippen LogP contribution < -0.4 is 14.2 Å². The molecule has 2 heterocycles. The summed E-state index contributed by atoms with van der Waals surface area (Å²) in [5.74, 6) is 2.36. The van der Waals surface area contributed by atoms with E-state index in [2.05, 4.69) is 9.88 Å². The van der Waals surface area contributed by atoms with Crippen LogP contribution in [-0.2, 0) is 4.74 Å². The Hall–Kier alpha value is -3.16. The van der Waals surface area contributed by atoms with Gasteiger partial charge in [0.1, 0.15) is 11.5 Å². The number of nitrogens with zero attached hydrogens (tertiary/aromatic N) is 2. The lowest BCUT2D eigenvalue weighted by Crippen LogP contribution is -2.37. The van der Waals surface area contributed by atoms with Crippen molar-refractivity contribution in [3.8, 4) is 23.0 Å². The standard InChI is InChI=1S/C27H32N2O5/c1-18-14-21(20(3)30)25(15-19(18)2)34-24-6-7-28-23-17-27(26(31-4)16-22(23)24)33-11-5-8-29-9-12-32-13-10-29/h6-7,14-17H,5,8-13H2,1-4H3. The van der Waals surface area contributed by atoms with E-state index in [0.29, 0.717) is 35.2 Å². The van der Waals surface area contributed by atoms with Crippen molar-refractivity contribution in [3.63, 3.8) is 0 Å². The van der Waals surface area contributed by atoms with Gasteiger partial charge in [0.05, 0.1) is 38.0 Å². The van der Waals surface area contributed by atoms with Gasteiger partial charge in [0.25, 0.3) is 0 Å². The lowest BCUT2D eigenvalue weighted by molar-refractivity contribution is 0.0357. The van der Waals surface area contributed by atoms with Crippen molar-refractivity contribution >= 4 is 16.7 Å². The minimum absolute atomic E-state index is 0.0400. The second-order valence-electron chi connectivity index (χ2n) is 8.58. The maximum Gasteiger partial charge on any atom is 0.163 e. The molecule has 0 spiro atoms. The van der Waals surface area contributed by atoms with Crippen LogP contribution in [0.3, 0.4) is 0 Å². The zero-order valence-electron chi connectivity index (χ0n) is 20.3. The number of hydrogen-bond donors (Lipinski definition) is 0. The molecular weight excluding hydrogens is 432 g/mol. The number of ketones is 1. The van der Waals surface area contributed by atoms with Crippen molar-refractivity contribution in [1.82, 2.24) is 9.88 Å². The smallest absolute Gasteiger partial charge is 0.163 e. The Morgan fingerprint density at radius 2 is 1.79 bits per heavy atom. The Balaban J connectivity index is 1.55. The predicted octanol–water partition coefficient (Wildman–Crippen LogP) is 4.96. The van der Waals surface area contributed by atoms with Crippen molar-refractivity contribution in [2.75, 3.05) is 46.6 Å². The first-order chi connectivity index (χ1) is 16.5. The Morgan fingerprint density at radius 1 is 1.03 bits per heavy atom. The van der Waals surface area contributed by atoms with E-state index in [-0.39, 0.29) is 5.78 Å². The summed E-state index contributed by atoms with van der Waals surface area (Å²) in [6, 6.07) is 9.33. The van der Waals surface area contributed by atoms with Crippen LogP contribution in [0, 0.1) is 13.8 Å². The highest BCUT2D eigenvalue weighted by molar-refractivity contribution is 5.97. The molecule has 1 aliphatic rings. The third kappa shape index (κ3) is 5.48. The topological polar surface area (TPSA) is 70.1 Å². The van der Waals surface area contributed by atoms with Gasteiger partial charge in [0.2, 0.25) is 0 Å². The van der Waals surface area contributed by atoms with Gasteiger partial charge in [-0.25, -0.2) is 0 Å². The summed E-state index contributed by atoms with van der Waals surface area (Å²) in [5.41, 5.74) is 3.40. The first kappa shape index (κ1) is 24.0. The monoisotopic (exact) mass is 464 g/mol. The number of aromatic nitrogens is 1. The lowest BCUT2D eigenvalue weighted by Gasteiger charge is -2.26. The fourth-order valence-corrected chi connectivity index (χ4v) is 4.05. The van der Waals surface area contributed by atoms with Gasteiger partial charge in [-0.2, -0.15) is 0 Å². The maximum absolute atomic E-state index is 12.2. The normalized spacial score (nSPS) is 14.2. The molecule has 34 heavy (non-hydrogen) atoms. The number of aryl methyl sites for hydroxylation is 2. The van der Waals surface area contributed by atoms with E-state index in [9.17, 15) is 4.79 Å². The molecule has 0 aliphatic carbocycles. The van der Waals surface area contributed by atoms with Gasteiger partial charge in [-0.05, 0) is 62.6 Å². The lowest BCUT2D eigenvalue weighted by atomic mass is 10.0. The third-order valence-electron chi connectivity index (χ3n) is 6.16. The van der Waals surface area contributed by atoms with Crippen molar-refractivity contribution in [3.05, 3.63) is 53.2 Å². The van der Waals surface area contributed by atoms with Crippen molar-refractivity contribution in [2.24, 2.45) is 0 Å². The molecule has 0 bridgehead atoms. The summed E-state index contributed by atoms with van der Waals surface area (Å²) in [4.78, 5) is 19.1. The van der Waals surface area contributed by atoms with E-state index in [0.717, 1.165) is 61.3 Å². The number of pyridine rings is 1. The van der Waals surface area contributed by atoms with Crippen molar-refractivity contribution in [1.29, 1.82) is 0 Å². The van der Waals surface area contributed by atoms with Gasteiger partial charge in [0.15, 0.2) is 17.3 Å². The van der Waals surface area contributed by atoms with Crippen molar-refractivity contribution < 1.29 is 23.7 Å². The SMILES string of the molecule is COc1cc2c(Oc3cc(C)c(C)cc3C(C)=O)ccnc2cc1OCCCN1CCOCC1. The summed E-state index contributed by atoms with van der Waals surface area (Å²) in [6.07, 6.45) is 2.61. The molecule has 0 saturated carbocycles. The second-order valence-corrected chi connectivity index (χ2v) is 8.58. The molecule has 2 aromatic carbocycles. The molecule has 0 N–H and O–H groups in total. The van der Waals surface area contributed by atoms with Crippen LogP contribution in [0.1, 0.15) is 34.8 Å². The maximum atomic E-state index is 12.2. The average molecular weight is 465 g/mol. The number of ether oxygens (including phenoxy) is 4. The number of morpholine rings is 1. The predicted molar refractivity (Wildman–Crippen MR) is 132 cm³/mol. The Labute approximate surface area is 200 Å². The molecule has 7 heteroatoms. The third-order valence-corrected chi connectivity index (χ3v) is 6.16. The largest absolute Gasteiger partial charge is 0.493 e. The van der Waals surface area contributed by atoms with E-state index in [4.69, 9.17) is 18.9 Å². The zero-order chi connectivity index (χ0) is 24.1. The minimum atomic E-state index is -0.0400. The number of benzene rings is 2.